The molecule has 0 unspecified atom stereocenters. The maximum atomic E-state index is 5.93. The van der Waals surface area contributed by atoms with Gasteiger partial charge in [0.15, 0.2) is 0 Å². The summed E-state index contributed by atoms with van der Waals surface area (Å²) in [7, 11) is 0. The van der Waals surface area contributed by atoms with E-state index in [1.54, 1.807) is 0 Å². The average molecular weight is 218 g/mol. The van der Waals surface area contributed by atoms with Gasteiger partial charge in [0, 0.05) is 24.1 Å². The van der Waals surface area contributed by atoms with Crippen LogP contribution in [0.15, 0.2) is 0 Å². The minimum atomic E-state index is 0.735. The molecule has 1 aliphatic rings. The van der Waals surface area contributed by atoms with Crippen LogP contribution in [0.1, 0.15) is 25.5 Å². The van der Waals surface area contributed by atoms with Crippen molar-refractivity contribution in [2.24, 2.45) is 0 Å². The monoisotopic (exact) mass is 217 g/mol. The van der Waals surface area contributed by atoms with E-state index in [0.29, 0.717) is 0 Å². The Bertz CT molecular complexity index is 285. The van der Waals surface area contributed by atoms with Gasteiger partial charge in [0.2, 0.25) is 0 Å². The van der Waals surface area contributed by atoms with Gasteiger partial charge in [-0.05, 0) is 19.4 Å². The average Bonchev–Trinajstić information content (AvgIpc) is 2.88. The molecule has 0 aromatic carbocycles. The lowest BCUT2D eigenvalue weighted by Gasteiger charge is -2.17. The van der Waals surface area contributed by atoms with Crippen LogP contribution in [0.2, 0.25) is 4.34 Å². The number of hydrogen-bond acceptors (Lipinski definition) is 4. The maximum absolute atomic E-state index is 5.93. The molecule has 3 nitrogen and oxygen atoms in total. The fourth-order valence-electron chi connectivity index (χ4n) is 1.42. The van der Waals surface area contributed by atoms with Gasteiger partial charge in [0.05, 0.1) is 0 Å². The minimum absolute atomic E-state index is 0.735. The molecule has 0 aliphatic heterocycles. The highest BCUT2D eigenvalue weighted by atomic mass is 35.5. The zero-order valence-corrected chi connectivity index (χ0v) is 9.11. The second-order valence-corrected chi connectivity index (χ2v) is 4.64. The fraction of sp³-hybridized carbons (Fsp3) is 0.750. The van der Waals surface area contributed by atoms with E-state index in [-0.39, 0.29) is 0 Å². The molecule has 0 saturated heterocycles. The molecular formula is C8H12ClN3S. The molecule has 1 aromatic rings. The zero-order valence-electron chi connectivity index (χ0n) is 7.53. The van der Waals surface area contributed by atoms with Crippen molar-refractivity contribution in [3.8, 4) is 0 Å². The highest BCUT2D eigenvalue weighted by Gasteiger charge is 2.28. The third-order valence-electron chi connectivity index (χ3n) is 2.33. The Morgan fingerprint density at radius 3 is 2.85 bits per heavy atom. The first-order valence-electron chi connectivity index (χ1n) is 4.52. The second kappa shape index (κ2) is 3.90. The predicted octanol–water partition coefficient (Wildman–Crippen LogP) is 2.18. The van der Waals surface area contributed by atoms with Gasteiger partial charge in [0.25, 0.3) is 0 Å². The molecule has 0 atom stereocenters. The molecule has 0 bridgehead atoms. The molecule has 72 valence electrons. The Kier molecular flexibility index (Phi) is 2.81. The number of rotatable bonds is 4. The Hall–Kier alpha value is -0.190. The van der Waals surface area contributed by atoms with Crippen LogP contribution < -0.4 is 0 Å². The van der Waals surface area contributed by atoms with Crippen LogP contribution in [0.5, 0.6) is 0 Å². The zero-order chi connectivity index (χ0) is 9.26. The molecule has 13 heavy (non-hydrogen) atoms. The van der Waals surface area contributed by atoms with Crippen molar-refractivity contribution in [3.63, 3.8) is 0 Å². The van der Waals surface area contributed by atoms with E-state index in [1.807, 2.05) is 0 Å². The molecule has 1 aromatic heterocycles. The Morgan fingerprint density at radius 1 is 1.62 bits per heavy atom. The molecule has 1 heterocycles. The van der Waals surface area contributed by atoms with Crippen molar-refractivity contribution in [2.75, 3.05) is 6.54 Å². The van der Waals surface area contributed by atoms with Crippen LogP contribution in [-0.2, 0) is 6.54 Å². The van der Waals surface area contributed by atoms with E-state index in [4.69, 9.17) is 11.6 Å². The van der Waals surface area contributed by atoms with Crippen molar-refractivity contribution < 1.29 is 0 Å². The fourth-order valence-corrected chi connectivity index (χ4v) is 2.03. The molecule has 1 saturated carbocycles. The minimum Gasteiger partial charge on any atom is -0.295 e. The smallest absolute Gasteiger partial charge is 0.138 e. The van der Waals surface area contributed by atoms with Crippen LogP contribution in [0.25, 0.3) is 0 Å². The van der Waals surface area contributed by atoms with Gasteiger partial charge < -0.3 is 0 Å². The number of nitrogens with zero attached hydrogens (tertiary/aromatic N) is 3. The quantitative estimate of drug-likeness (QED) is 0.774. The van der Waals surface area contributed by atoms with Gasteiger partial charge in [0.1, 0.15) is 10.0 Å². The summed E-state index contributed by atoms with van der Waals surface area (Å²) in [5.41, 5.74) is 0.931. The van der Waals surface area contributed by atoms with Crippen LogP contribution in [-0.4, -0.2) is 27.1 Å². The summed E-state index contributed by atoms with van der Waals surface area (Å²) >= 11 is 7.20. The summed E-state index contributed by atoms with van der Waals surface area (Å²) in [4.78, 5) is 2.41. The van der Waals surface area contributed by atoms with Gasteiger partial charge in [-0.25, -0.2) is 0 Å². The molecule has 0 spiro atoms. The lowest BCUT2D eigenvalue weighted by molar-refractivity contribution is 0.266. The van der Waals surface area contributed by atoms with Crippen molar-refractivity contribution in [1.29, 1.82) is 0 Å². The Morgan fingerprint density at radius 2 is 2.38 bits per heavy atom. The Balaban J connectivity index is 1.99. The van der Waals surface area contributed by atoms with E-state index in [2.05, 4.69) is 21.4 Å². The highest BCUT2D eigenvalue weighted by molar-refractivity contribution is 7.10. The molecule has 0 amide bonds. The molecule has 0 N–H and O–H groups in total. The normalized spacial score (nSPS) is 16.8. The molecule has 1 aliphatic carbocycles. The maximum Gasteiger partial charge on any atom is 0.138 e. The highest BCUT2D eigenvalue weighted by Crippen LogP contribution is 2.29. The first kappa shape index (κ1) is 9.37. The van der Waals surface area contributed by atoms with E-state index in [9.17, 15) is 0 Å². The SMILES string of the molecule is CCN(Cc1nnsc1Cl)C1CC1. The largest absolute Gasteiger partial charge is 0.295 e. The van der Waals surface area contributed by atoms with Gasteiger partial charge in [-0.2, -0.15) is 0 Å². The van der Waals surface area contributed by atoms with Crippen molar-refractivity contribution in [2.45, 2.75) is 32.4 Å². The van der Waals surface area contributed by atoms with Crippen LogP contribution in [0.4, 0.5) is 0 Å². The van der Waals surface area contributed by atoms with E-state index < -0.39 is 0 Å². The molecule has 2 rings (SSSR count). The third-order valence-corrected chi connectivity index (χ3v) is 3.32. The lowest BCUT2D eigenvalue weighted by Crippen LogP contribution is -2.25. The number of halogens is 1. The van der Waals surface area contributed by atoms with Crippen molar-refractivity contribution >= 4 is 23.1 Å². The van der Waals surface area contributed by atoms with Gasteiger partial charge >= 0.3 is 0 Å². The second-order valence-electron chi connectivity index (χ2n) is 3.29. The standard InChI is InChI=1S/C8H12ClN3S/c1-2-12(6-3-4-6)5-7-8(9)13-11-10-7/h6H,2-5H2,1H3. The van der Waals surface area contributed by atoms with Gasteiger partial charge in [-0.1, -0.05) is 23.0 Å². The van der Waals surface area contributed by atoms with Crippen LogP contribution in [0.3, 0.4) is 0 Å². The Labute approximate surface area is 86.9 Å². The van der Waals surface area contributed by atoms with E-state index in [1.165, 1.54) is 24.4 Å². The third kappa shape index (κ3) is 2.18. The summed E-state index contributed by atoms with van der Waals surface area (Å²) in [5.74, 6) is 0. The van der Waals surface area contributed by atoms with Crippen LogP contribution >= 0.6 is 23.1 Å². The summed E-state index contributed by atoms with van der Waals surface area (Å²) in [5, 5.41) is 4.01. The number of aromatic nitrogens is 2. The van der Waals surface area contributed by atoms with Gasteiger partial charge in [-0.3, -0.25) is 4.90 Å². The van der Waals surface area contributed by atoms with E-state index >= 15 is 0 Å². The first-order valence-corrected chi connectivity index (χ1v) is 5.67. The van der Waals surface area contributed by atoms with Crippen LogP contribution in [0, 0.1) is 0 Å². The van der Waals surface area contributed by atoms with Gasteiger partial charge in [-0.15, -0.1) is 5.10 Å². The molecule has 1 fully saturated rings. The topological polar surface area (TPSA) is 29.0 Å². The lowest BCUT2D eigenvalue weighted by atomic mass is 10.4. The van der Waals surface area contributed by atoms with Crippen molar-refractivity contribution in [3.05, 3.63) is 10.0 Å². The molecule has 0 radical (unpaired) electrons. The summed E-state index contributed by atoms with van der Waals surface area (Å²) < 4.78 is 4.56. The number of hydrogen-bond donors (Lipinski definition) is 0. The molecule has 5 heteroatoms. The summed E-state index contributed by atoms with van der Waals surface area (Å²) in [6.45, 7) is 4.10. The molecular weight excluding hydrogens is 206 g/mol. The van der Waals surface area contributed by atoms with Crippen molar-refractivity contribution in [1.82, 2.24) is 14.5 Å². The summed E-state index contributed by atoms with van der Waals surface area (Å²) in [6, 6.07) is 0.766. The summed E-state index contributed by atoms with van der Waals surface area (Å²) in [6.07, 6.45) is 2.64. The first-order chi connectivity index (χ1) is 6.31. The predicted molar refractivity (Wildman–Crippen MR) is 54.0 cm³/mol. The van der Waals surface area contributed by atoms with E-state index in [0.717, 1.165) is 29.2 Å².